The van der Waals surface area contributed by atoms with Crippen molar-refractivity contribution in [3.8, 4) is 11.8 Å². The number of aliphatic hydroxyl groups is 1. The maximum absolute atomic E-state index is 13.6. The molecule has 108 valence electrons. The van der Waals surface area contributed by atoms with Crippen LogP contribution in [0.2, 0.25) is 0 Å². The topological polar surface area (TPSA) is 23.5 Å². The van der Waals surface area contributed by atoms with E-state index in [2.05, 4.69) is 23.7 Å². The lowest BCUT2D eigenvalue weighted by atomic mass is 9.99. The van der Waals surface area contributed by atoms with E-state index in [0.717, 1.165) is 25.1 Å². The van der Waals surface area contributed by atoms with Gasteiger partial charge in [0, 0.05) is 18.2 Å². The molecule has 1 aliphatic heterocycles. The summed E-state index contributed by atoms with van der Waals surface area (Å²) in [5, 5.41) is 8.72. The van der Waals surface area contributed by atoms with Crippen molar-refractivity contribution in [2.45, 2.75) is 45.2 Å². The predicted octanol–water partition coefficient (Wildman–Crippen LogP) is 2.93. The highest BCUT2D eigenvalue weighted by atomic mass is 19.1. The zero-order valence-electron chi connectivity index (χ0n) is 12.0. The molecule has 2 rings (SSSR count). The second-order valence-electron chi connectivity index (χ2n) is 5.34. The molecular weight excluding hydrogens is 253 g/mol. The van der Waals surface area contributed by atoms with Crippen LogP contribution >= 0.6 is 0 Å². The highest BCUT2D eigenvalue weighted by Crippen LogP contribution is 2.22. The molecule has 3 heteroatoms. The minimum absolute atomic E-state index is 0.199. The Morgan fingerprint density at radius 1 is 1.35 bits per heavy atom. The van der Waals surface area contributed by atoms with Crippen LogP contribution in [0.5, 0.6) is 0 Å². The van der Waals surface area contributed by atoms with Gasteiger partial charge >= 0.3 is 0 Å². The number of halogens is 1. The van der Waals surface area contributed by atoms with Gasteiger partial charge in [-0.25, -0.2) is 4.39 Å². The molecular formula is C17H22FNO. The highest BCUT2D eigenvalue weighted by Gasteiger charge is 2.20. The van der Waals surface area contributed by atoms with Crippen LogP contribution in [0.3, 0.4) is 0 Å². The van der Waals surface area contributed by atoms with E-state index < -0.39 is 0 Å². The Balaban J connectivity index is 2.13. The zero-order chi connectivity index (χ0) is 14.4. The lowest BCUT2D eigenvalue weighted by molar-refractivity contribution is 0.136. The van der Waals surface area contributed by atoms with E-state index in [-0.39, 0.29) is 12.4 Å². The molecule has 0 radical (unpaired) electrons. The third-order valence-corrected chi connectivity index (χ3v) is 3.88. The maximum atomic E-state index is 13.6. The van der Waals surface area contributed by atoms with Gasteiger partial charge in [0.25, 0.3) is 0 Å². The fraction of sp³-hybridized carbons (Fsp3) is 0.529. The van der Waals surface area contributed by atoms with Crippen molar-refractivity contribution in [1.82, 2.24) is 4.90 Å². The van der Waals surface area contributed by atoms with Gasteiger partial charge in [-0.3, -0.25) is 4.90 Å². The average molecular weight is 275 g/mol. The fourth-order valence-corrected chi connectivity index (χ4v) is 2.92. The molecule has 1 fully saturated rings. The smallest absolute Gasteiger partial charge is 0.124 e. The molecule has 1 heterocycles. The molecule has 1 aromatic carbocycles. The fourth-order valence-electron chi connectivity index (χ4n) is 2.92. The summed E-state index contributed by atoms with van der Waals surface area (Å²) in [6, 6.07) is 5.54. The van der Waals surface area contributed by atoms with Crippen molar-refractivity contribution in [3.63, 3.8) is 0 Å². The van der Waals surface area contributed by atoms with E-state index >= 15 is 0 Å². The first-order valence-electron chi connectivity index (χ1n) is 7.36. The van der Waals surface area contributed by atoms with Gasteiger partial charge in [-0.05, 0) is 49.6 Å². The number of rotatable bonds is 3. The van der Waals surface area contributed by atoms with Crippen LogP contribution in [0.15, 0.2) is 18.2 Å². The third-order valence-electron chi connectivity index (χ3n) is 3.88. The predicted molar refractivity (Wildman–Crippen MR) is 78.7 cm³/mol. The number of hydrogen-bond donors (Lipinski definition) is 1. The Hall–Kier alpha value is -1.37. The molecule has 0 saturated carbocycles. The van der Waals surface area contributed by atoms with Crippen LogP contribution in [-0.4, -0.2) is 29.2 Å². The molecule has 2 nitrogen and oxygen atoms in total. The van der Waals surface area contributed by atoms with Crippen LogP contribution < -0.4 is 0 Å². The molecule has 0 bridgehead atoms. The number of nitrogens with zero attached hydrogens (tertiary/aromatic N) is 1. The van der Waals surface area contributed by atoms with Crippen molar-refractivity contribution in [1.29, 1.82) is 0 Å². The van der Waals surface area contributed by atoms with Crippen LogP contribution in [0.25, 0.3) is 0 Å². The van der Waals surface area contributed by atoms with Crippen molar-refractivity contribution in [3.05, 3.63) is 35.1 Å². The number of piperidine rings is 1. The SMILES string of the molecule is CCC1CCCCN1Cc1cc(F)cc(C#CCO)c1. The van der Waals surface area contributed by atoms with E-state index in [1.165, 1.54) is 25.3 Å². The Kier molecular flexibility index (Phi) is 5.58. The quantitative estimate of drug-likeness (QED) is 0.857. The number of benzene rings is 1. The van der Waals surface area contributed by atoms with Crippen molar-refractivity contribution in [2.75, 3.05) is 13.2 Å². The summed E-state index contributed by atoms with van der Waals surface area (Å²) in [6.45, 7) is 3.89. The van der Waals surface area contributed by atoms with Gasteiger partial charge < -0.3 is 5.11 Å². The van der Waals surface area contributed by atoms with Gasteiger partial charge in [-0.15, -0.1) is 0 Å². The number of aliphatic hydroxyl groups excluding tert-OH is 1. The molecule has 1 atom stereocenters. The zero-order valence-corrected chi connectivity index (χ0v) is 12.0. The second kappa shape index (κ2) is 7.42. The Bertz CT molecular complexity index is 503. The Morgan fingerprint density at radius 2 is 2.20 bits per heavy atom. The summed E-state index contributed by atoms with van der Waals surface area (Å²) in [6.07, 6.45) is 4.91. The van der Waals surface area contributed by atoms with E-state index in [9.17, 15) is 4.39 Å². The Morgan fingerprint density at radius 3 is 2.95 bits per heavy atom. The molecule has 1 saturated heterocycles. The normalized spacial score (nSPS) is 19.4. The lowest BCUT2D eigenvalue weighted by Crippen LogP contribution is -2.38. The highest BCUT2D eigenvalue weighted by molar-refractivity contribution is 5.37. The summed E-state index contributed by atoms with van der Waals surface area (Å²) in [5.74, 6) is 5.09. The molecule has 1 N–H and O–H groups in total. The largest absolute Gasteiger partial charge is 0.384 e. The van der Waals surface area contributed by atoms with Crippen molar-refractivity contribution >= 4 is 0 Å². The van der Waals surface area contributed by atoms with Crippen LogP contribution in [-0.2, 0) is 6.54 Å². The Labute approximate surface area is 120 Å². The molecule has 1 unspecified atom stereocenters. The van der Waals surface area contributed by atoms with E-state index in [1.807, 2.05) is 6.07 Å². The third kappa shape index (κ3) is 4.06. The standard InChI is InChI=1S/C17H22FNO/c1-2-17-7-3-4-8-19(17)13-15-10-14(6-5-9-20)11-16(18)12-15/h10-12,17,20H,2-4,7-9,13H2,1H3. The van der Waals surface area contributed by atoms with Gasteiger partial charge in [-0.1, -0.05) is 25.2 Å². The first-order chi connectivity index (χ1) is 9.72. The monoisotopic (exact) mass is 275 g/mol. The first kappa shape index (κ1) is 15.0. The molecule has 0 amide bonds. The lowest BCUT2D eigenvalue weighted by Gasteiger charge is -2.35. The summed E-state index contributed by atoms with van der Waals surface area (Å²) in [7, 11) is 0. The van der Waals surface area contributed by atoms with E-state index in [0.29, 0.717) is 11.6 Å². The molecule has 0 aliphatic carbocycles. The van der Waals surface area contributed by atoms with Crippen molar-refractivity contribution in [2.24, 2.45) is 0 Å². The van der Waals surface area contributed by atoms with Gasteiger partial charge in [0.05, 0.1) is 0 Å². The van der Waals surface area contributed by atoms with E-state index in [1.54, 1.807) is 6.07 Å². The number of hydrogen-bond acceptors (Lipinski definition) is 2. The first-order valence-corrected chi connectivity index (χ1v) is 7.36. The van der Waals surface area contributed by atoms with Crippen LogP contribution in [0.1, 0.15) is 43.7 Å². The van der Waals surface area contributed by atoms with Crippen LogP contribution in [0, 0.1) is 17.7 Å². The van der Waals surface area contributed by atoms with Gasteiger partial charge in [0.1, 0.15) is 12.4 Å². The average Bonchev–Trinajstić information content (AvgIpc) is 2.45. The van der Waals surface area contributed by atoms with Gasteiger partial charge in [0.2, 0.25) is 0 Å². The summed E-state index contributed by atoms with van der Waals surface area (Å²) in [4.78, 5) is 2.45. The number of likely N-dealkylation sites (tertiary alicyclic amines) is 1. The van der Waals surface area contributed by atoms with Crippen molar-refractivity contribution < 1.29 is 9.50 Å². The minimum Gasteiger partial charge on any atom is -0.384 e. The van der Waals surface area contributed by atoms with E-state index in [4.69, 9.17) is 5.11 Å². The second-order valence-corrected chi connectivity index (χ2v) is 5.34. The summed E-state index contributed by atoms with van der Waals surface area (Å²) >= 11 is 0. The minimum atomic E-state index is -0.255. The molecule has 0 spiro atoms. The molecule has 1 aliphatic rings. The van der Waals surface area contributed by atoms with Gasteiger partial charge in [-0.2, -0.15) is 0 Å². The maximum Gasteiger partial charge on any atom is 0.124 e. The molecule has 0 aromatic heterocycles. The molecule has 20 heavy (non-hydrogen) atoms. The van der Waals surface area contributed by atoms with Gasteiger partial charge in [0.15, 0.2) is 0 Å². The van der Waals surface area contributed by atoms with Crippen LogP contribution in [0.4, 0.5) is 4.39 Å². The molecule has 1 aromatic rings. The summed E-state index contributed by atoms with van der Waals surface area (Å²) < 4.78 is 13.6. The summed E-state index contributed by atoms with van der Waals surface area (Å²) in [5.41, 5.74) is 1.60.